The Labute approximate surface area is 246 Å². The van der Waals surface area contributed by atoms with Crippen LogP contribution in [0.15, 0.2) is 61.3 Å². The summed E-state index contributed by atoms with van der Waals surface area (Å²) in [5.74, 6) is 0.884. The van der Waals surface area contributed by atoms with E-state index in [0.29, 0.717) is 42.7 Å². The number of ether oxygens (including phenoxy) is 2. The molecular weight excluding hydrogens is 663 g/mol. The molecule has 0 aliphatic carbocycles. The Balaban J connectivity index is 1.57. The average molecular weight is 685 g/mol. The summed E-state index contributed by atoms with van der Waals surface area (Å²) in [7, 11) is 0. The number of rotatable bonds is 7. The maximum atomic E-state index is 12.7. The number of carbonyl (C=O) groups excluding carboxylic acids is 1. The lowest BCUT2D eigenvalue weighted by Crippen LogP contribution is -2.19. The summed E-state index contributed by atoms with van der Waals surface area (Å²) >= 11 is 20.7. The normalized spacial score (nSPS) is 15.4. The van der Waals surface area contributed by atoms with Crippen LogP contribution < -0.4 is 14.8 Å². The molecule has 0 bridgehead atoms. The molecule has 5 nitrogen and oxygen atoms in total. The SMILES string of the molecule is CCOc1cc(/C=C2\SC(=Nc3cc(C)c(Br)c(C)c3)NC2=O)cc(Br)c1OCc1ccc(Cl)cc1Cl. The molecule has 3 aromatic carbocycles. The molecule has 0 unspecified atom stereocenters. The van der Waals surface area contributed by atoms with E-state index in [1.165, 1.54) is 11.8 Å². The number of benzene rings is 3. The summed E-state index contributed by atoms with van der Waals surface area (Å²) in [6.07, 6.45) is 1.80. The van der Waals surface area contributed by atoms with Gasteiger partial charge in [-0.2, -0.15) is 0 Å². The number of thioether (sulfide) groups is 1. The highest BCUT2D eigenvalue weighted by atomic mass is 79.9. The Morgan fingerprint density at radius 1 is 1.05 bits per heavy atom. The molecule has 0 spiro atoms. The molecule has 0 radical (unpaired) electrons. The van der Waals surface area contributed by atoms with Crippen molar-refractivity contribution in [3.8, 4) is 11.5 Å². The highest BCUT2D eigenvalue weighted by Gasteiger charge is 2.24. The van der Waals surface area contributed by atoms with Gasteiger partial charge in [-0.3, -0.25) is 4.79 Å². The minimum atomic E-state index is -0.207. The van der Waals surface area contributed by atoms with E-state index in [0.717, 1.165) is 32.4 Å². The van der Waals surface area contributed by atoms with Gasteiger partial charge in [-0.25, -0.2) is 4.99 Å². The molecule has 0 aromatic heterocycles. The number of aryl methyl sites for hydroxylation is 2. The smallest absolute Gasteiger partial charge is 0.264 e. The highest BCUT2D eigenvalue weighted by Crippen LogP contribution is 2.39. The monoisotopic (exact) mass is 682 g/mol. The van der Waals surface area contributed by atoms with Crippen molar-refractivity contribution in [2.24, 2.45) is 4.99 Å². The lowest BCUT2D eigenvalue weighted by molar-refractivity contribution is -0.115. The summed E-state index contributed by atoms with van der Waals surface area (Å²) in [4.78, 5) is 17.8. The summed E-state index contributed by atoms with van der Waals surface area (Å²) in [6, 6.07) is 12.9. The number of carbonyl (C=O) groups is 1. The minimum absolute atomic E-state index is 0.207. The molecule has 1 saturated heterocycles. The third-order valence-electron chi connectivity index (χ3n) is 5.32. The van der Waals surface area contributed by atoms with Crippen LogP contribution in [0.1, 0.15) is 29.2 Å². The minimum Gasteiger partial charge on any atom is -0.490 e. The Morgan fingerprint density at radius 3 is 2.46 bits per heavy atom. The molecular formula is C27H22Br2Cl2N2O3S. The molecule has 3 aromatic rings. The van der Waals surface area contributed by atoms with Crippen LogP contribution in [-0.2, 0) is 11.4 Å². The number of amides is 1. The van der Waals surface area contributed by atoms with Gasteiger partial charge in [0.25, 0.3) is 5.91 Å². The number of hydrogen-bond donors (Lipinski definition) is 1. The molecule has 4 rings (SSSR count). The van der Waals surface area contributed by atoms with Crippen LogP contribution in [0.2, 0.25) is 10.0 Å². The molecule has 37 heavy (non-hydrogen) atoms. The predicted molar refractivity (Wildman–Crippen MR) is 161 cm³/mol. The van der Waals surface area contributed by atoms with Gasteiger partial charge in [-0.15, -0.1) is 0 Å². The first kappa shape index (κ1) is 28.0. The zero-order valence-corrected chi connectivity index (χ0v) is 25.6. The molecule has 1 amide bonds. The zero-order valence-electron chi connectivity index (χ0n) is 20.1. The van der Waals surface area contributed by atoms with E-state index in [1.54, 1.807) is 18.2 Å². The molecule has 10 heteroatoms. The van der Waals surface area contributed by atoms with Crippen molar-refractivity contribution in [2.75, 3.05) is 6.61 Å². The van der Waals surface area contributed by atoms with Gasteiger partial charge in [0.2, 0.25) is 0 Å². The van der Waals surface area contributed by atoms with Crippen molar-refractivity contribution in [3.05, 3.63) is 88.6 Å². The van der Waals surface area contributed by atoms with E-state index in [1.807, 2.05) is 51.1 Å². The van der Waals surface area contributed by atoms with E-state index in [2.05, 4.69) is 42.2 Å². The van der Waals surface area contributed by atoms with E-state index in [9.17, 15) is 4.79 Å². The molecule has 0 saturated carbocycles. The van der Waals surface area contributed by atoms with Gasteiger partial charge in [0.1, 0.15) is 6.61 Å². The van der Waals surface area contributed by atoms with Crippen molar-refractivity contribution in [3.63, 3.8) is 0 Å². The lowest BCUT2D eigenvalue weighted by Gasteiger charge is -2.15. The van der Waals surface area contributed by atoms with Gasteiger partial charge in [0.05, 0.1) is 21.7 Å². The largest absolute Gasteiger partial charge is 0.490 e. The van der Waals surface area contributed by atoms with E-state index in [4.69, 9.17) is 32.7 Å². The third kappa shape index (κ3) is 6.92. The molecule has 0 atom stereocenters. The van der Waals surface area contributed by atoms with Gasteiger partial charge in [0, 0.05) is 20.1 Å². The Hall–Kier alpha value is -1.97. The van der Waals surface area contributed by atoms with Crippen LogP contribution >= 0.6 is 66.8 Å². The first-order valence-corrected chi connectivity index (χ1v) is 14.4. The van der Waals surface area contributed by atoms with Crippen LogP contribution in [0, 0.1) is 13.8 Å². The fraction of sp³-hybridized carbons (Fsp3) is 0.185. The molecule has 1 aliphatic heterocycles. The highest BCUT2D eigenvalue weighted by molar-refractivity contribution is 9.10. The fourth-order valence-electron chi connectivity index (χ4n) is 3.60. The van der Waals surface area contributed by atoms with Crippen LogP contribution in [0.4, 0.5) is 5.69 Å². The molecule has 1 N–H and O–H groups in total. The Morgan fingerprint density at radius 2 is 1.78 bits per heavy atom. The van der Waals surface area contributed by atoms with Crippen molar-refractivity contribution >= 4 is 89.7 Å². The van der Waals surface area contributed by atoms with Crippen LogP contribution in [-0.4, -0.2) is 17.7 Å². The van der Waals surface area contributed by atoms with Crippen molar-refractivity contribution < 1.29 is 14.3 Å². The van der Waals surface area contributed by atoms with Crippen LogP contribution in [0.25, 0.3) is 6.08 Å². The van der Waals surface area contributed by atoms with E-state index < -0.39 is 0 Å². The zero-order chi connectivity index (χ0) is 26.7. The maximum absolute atomic E-state index is 12.7. The topological polar surface area (TPSA) is 59.9 Å². The maximum Gasteiger partial charge on any atom is 0.264 e. The van der Waals surface area contributed by atoms with E-state index in [-0.39, 0.29) is 12.5 Å². The van der Waals surface area contributed by atoms with Gasteiger partial charge in [0.15, 0.2) is 16.7 Å². The first-order chi connectivity index (χ1) is 17.6. The Bertz CT molecular complexity index is 1420. The van der Waals surface area contributed by atoms with Gasteiger partial charge in [-0.05, 0) is 108 Å². The summed E-state index contributed by atoms with van der Waals surface area (Å²) < 4.78 is 13.6. The summed E-state index contributed by atoms with van der Waals surface area (Å²) in [5, 5.41) is 4.46. The second kappa shape index (κ2) is 12.3. The van der Waals surface area contributed by atoms with Gasteiger partial charge >= 0.3 is 0 Å². The fourth-order valence-corrected chi connectivity index (χ4v) is 5.71. The average Bonchev–Trinajstić information content (AvgIpc) is 3.16. The summed E-state index contributed by atoms with van der Waals surface area (Å²) in [5.41, 5.74) is 4.53. The predicted octanol–water partition coefficient (Wildman–Crippen LogP) is 9.00. The number of halogens is 4. The summed E-state index contributed by atoms with van der Waals surface area (Å²) in [6.45, 7) is 6.60. The number of nitrogens with one attached hydrogen (secondary N) is 1. The quantitative estimate of drug-likeness (QED) is 0.253. The molecule has 192 valence electrons. The third-order valence-corrected chi connectivity index (χ3v) is 8.66. The molecule has 1 fully saturated rings. The van der Waals surface area contributed by atoms with Gasteiger partial charge in [-0.1, -0.05) is 45.2 Å². The standard InChI is InChI=1S/C27H22Br2Cl2N2O3S/c1-4-35-22-10-16(9-20(28)25(22)36-13-17-5-6-18(30)12-21(17)31)11-23-26(34)33-27(37-23)32-19-7-14(2)24(29)15(3)8-19/h5-12H,4,13H2,1-3H3,(H,32,33,34)/b23-11-. The number of hydrogen-bond acceptors (Lipinski definition) is 5. The lowest BCUT2D eigenvalue weighted by atomic mass is 10.1. The van der Waals surface area contributed by atoms with E-state index >= 15 is 0 Å². The first-order valence-electron chi connectivity index (χ1n) is 11.2. The number of nitrogens with zero attached hydrogens (tertiary/aromatic N) is 1. The number of amidine groups is 1. The van der Waals surface area contributed by atoms with Crippen molar-refractivity contribution in [1.29, 1.82) is 0 Å². The van der Waals surface area contributed by atoms with Gasteiger partial charge < -0.3 is 14.8 Å². The second-order valence-corrected chi connectivity index (χ2v) is 11.7. The Kier molecular flexibility index (Phi) is 9.29. The van der Waals surface area contributed by atoms with Crippen LogP contribution in [0.3, 0.4) is 0 Å². The second-order valence-electron chi connectivity index (χ2n) is 8.16. The molecule has 1 aliphatic rings. The van der Waals surface area contributed by atoms with Crippen molar-refractivity contribution in [2.45, 2.75) is 27.4 Å². The number of aliphatic imine (C=N–C) groups is 1. The van der Waals surface area contributed by atoms with Crippen LogP contribution in [0.5, 0.6) is 11.5 Å². The molecule has 1 heterocycles. The van der Waals surface area contributed by atoms with Crippen molar-refractivity contribution in [1.82, 2.24) is 5.32 Å².